The van der Waals surface area contributed by atoms with Gasteiger partial charge in [0.25, 0.3) is 11.8 Å². The van der Waals surface area contributed by atoms with Crippen LogP contribution in [0.2, 0.25) is 0 Å². The van der Waals surface area contributed by atoms with Gasteiger partial charge in [0, 0.05) is 31.4 Å². The molecule has 0 bridgehead atoms. The monoisotopic (exact) mass is 539 g/mol. The summed E-state index contributed by atoms with van der Waals surface area (Å²) in [4.78, 5) is 15.3. The van der Waals surface area contributed by atoms with E-state index in [4.69, 9.17) is 14.2 Å². The molecule has 2 atom stereocenters. The number of aliphatic hydroxyl groups excluding tert-OH is 1. The first-order valence-corrected chi connectivity index (χ1v) is 12.9. The molecule has 0 spiro atoms. The van der Waals surface area contributed by atoms with Gasteiger partial charge in [-0.1, -0.05) is 66.7 Å². The molecule has 7 nitrogen and oxygen atoms in total. The average Bonchev–Trinajstić information content (AvgIpc) is 2.93. The maximum atomic E-state index is 13.9. The van der Waals surface area contributed by atoms with Crippen LogP contribution in [-0.2, 0) is 29.1 Å². The van der Waals surface area contributed by atoms with Crippen LogP contribution in [0.15, 0.2) is 72.8 Å². The van der Waals surface area contributed by atoms with Crippen LogP contribution in [0.25, 0.3) is 0 Å². The van der Waals surface area contributed by atoms with E-state index in [1.54, 1.807) is 36.4 Å². The maximum absolute atomic E-state index is 13.9. The maximum Gasteiger partial charge on any atom is 0.257 e. The molecule has 39 heavy (non-hydrogen) atoms. The number of amides is 1. The van der Waals surface area contributed by atoms with Crippen molar-refractivity contribution in [3.63, 3.8) is 0 Å². The van der Waals surface area contributed by atoms with Gasteiger partial charge in [-0.25, -0.2) is 8.78 Å². The summed E-state index contributed by atoms with van der Waals surface area (Å²) >= 11 is 0. The minimum Gasteiger partial charge on any atom is -0.493 e. The molecule has 5 rings (SSSR count). The lowest BCUT2D eigenvalue weighted by molar-refractivity contribution is -0.196. The second-order valence-electron chi connectivity index (χ2n) is 9.97. The van der Waals surface area contributed by atoms with E-state index in [2.05, 4.69) is 0 Å². The fourth-order valence-electron chi connectivity index (χ4n) is 5.15. The average molecular weight is 540 g/mol. The Labute approximate surface area is 225 Å². The van der Waals surface area contributed by atoms with Crippen LogP contribution in [-0.4, -0.2) is 52.5 Å². The summed E-state index contributed by atoms with van der Waals surface area (Å²) < 4.78 is 44.7. The zero-order chi connectivity index (χ0) is 27.6. The highest BCUT2D eigenvalue weighted by Gasteiger charge is 2.48. The molecule has 1 heterocycles. The first-order valence-electron chi connectivity index (χ1n) is 12.9. The standard InChI is InChI=1S/C30H31F2NO6/c1-37-25-13-12-21-17-33(24(29(35)36)14-23(21)27(25)38-18-19-8-4-2-5-9-19)28(34)26(20-10-6-3-7-11-20)39-22-15-30(31,32)16-22/h2-13,22,24,26,29,35-36H,14-18H2,1H3. The topological polar surface area (TPSA) is 88.5 Å². The second kappa shape index (κ2) is 11.3. The van der Waals surface area contributed by atoms with E-state index >= 15 is 0 Å². The Morgan fingerprint density at radius 1 is 1.03 bits per heavy atom. The summed E-state index contributed by atoms with van der Waals surface area (Å²) in [7, 11) is 1.53. The highest BCUT2D eigenvalue weighted by atomic mass is 19.3. The van der Waals surface area contributed by atoms with Gasteiger partial charge in [-0.05, 0) is 22.8 Å². The van der Waals surface area contributed by atoms with Crippen molar-refractivity contribution in [1.29, 1.82) is 0 Å². The van der Waals surface area contributed by atoms with E-state index in [1.807, 2.05) is 36.4 Å². The van der Waals surface area contributed by atoms with Gasteiger partial charge in [0.2, 0.25) is 0 Å². The van der Waals surface area contributed by atoms with Crippen LogP contribution in [0.3, 0.4) is 0 Å². The highest BCUT2D eigenvalue weighted by Crippen LogP contribution is 2.43. The number of halogens is 2. The quantitative estimate of drug-likeness (QED) is 0.392. The summed E-state index contributed by atoms with van der Waals surface area (Å²) in [5, 5.41) is 20.7. The van der Waals surface area contributed by atoms with Crippen molar-refractivity contribution in [3.05, 3.63) is 95.1 Å². The van der Waals surface area contributed by atoms with Crippen LogP contribution in [0.4, 0.5) is 8.78 Å². The number of ether oxygens (including phenoxy) is 3. The number of benzene rings is 3. The number of hydrogen-bond donors (Lipinski definition) is 2. The molecule has 2 unspecified atom stereocenters. The third-order valence-corrected chi connectivity index (χ3v) is 7.26. The summed E-state index contributed by atoms with van der Waals surface area (Å²) in [6.07, 6.45) is -4.63. The van der Waals surface area contributed by atoms with E-state index in [-0.39, 0.29) is 19.6 Å². The molecule has 3 aromatic carbocycles. The lowest BCUT2D eigenvalue weighted by atomic mass is 9.89. The SMILES string of the molecule is COc1ccc2c(c1OCc1ccccc1)CC(C(O)O)N(C(=O)C(OC1CC(F)(F)C1)c1ccccc1)C2. The molecule has 0 saturated heterocycles. The summed E-state index contributed by atoms with van der Waals surface area (Å²) in [6, 6.07) is 20.8. The number of methoxy groups -OCH3 is 1. The molecule has 1 fully saturated rings. The van der Waals surface area contributed by atoms with E-state index in [9.17, 15) is 23.8 Å². The molecule has 1 saturated carbocycles. The highest BCUT2D eigenvalue weighted by molar-refractivity contribution is 5.83. The predicted octanol–water partition coefficient (Wildman–Crippen LogP) is 4.39. The molecule has 0 radical (unpaired) electrons. The number of fused-ring (bicyclic) bond motifs is 1. The fourth-order valence-corrected chi connectivity index (χ4v) is 5.15. The molecule has 1 amide bonds. The van der Waals surface area contributed by atoms with Crippen LogP contribution < -0.4 is 9.47 Å². The summed E-state index contributed by atoms with van der Waals surface area (Å²) in [5.41, 5.74) is 2.93. The lowest BCUT2D eigenvalue weighted by Crippen LogP contribution is -2.53. The molecular formula is C30H31F2NO6. The van der Waals surface area contributed by atoms with E-state index < -0.39 is 49.2 Å². The number of nitrogens with zero attached hydrogens (tertiary/aromatic N) is 1. The number of carbonyl (C=O) groups excluding carboxylic acids is 1. The molecule has 1 aliphatic heterocycles. The molecule has 2 aliphatic rings. The Balaban J connectivity index is 1.44. The van der Waals surface area contributed by atoms with Gasteiger partial charge < -0.3 is 29.3 Å². The van der Waals surface area contributed by atoms with Crippen molar-refractivity contribution in [2.45, 2.75) is 62.9 Å². The minimum atomic E-state index is -2.81. The molecule has 2 N–H and O–H groups in total. The Morgan fingerprint density at radius 3 is 2.31 bits per heavy atom. The molecule has 3 aromatic rings. The van der Waals surface area contributed by atoms with E-state index in [0.717, 1.165) is 11.1 Å². The number of aliphatic hydroxyl groups is 2. The first kappa shape index (κ1) is 27.1. The largest absolute Gasteiger partial charge is 0.493 e. The molecular weight excluding hydrogens is 508 g/mol. The molecule has 206 valence electrons. The van der Waals surface area contributed by atoms with Gasteiger partial charge in [0.05, 0.1) is 19.3 Å². The van der Waals surface area contributed by atoms with Crippen molar-refractivity contribution in [2.24, 2.45) is 0 Å². The molecule has 1 aliphatic carbocycles. The van der Waals surface area contributed by atoms with Gasteiger partial charge in [0.15, 0.2) is 23.9 Å². The fraction of sp³-hybridized carbons (Fsp3) is 0.367. The van der Waals surface area contributed by atoms with E-state index in [1.165, 1.54) is 12.0 Å². The Kier molecular flexibility index (Phi) is 7.83. The van der Waals surface area contributed by atoms with Gasteiger partial charge >= 0.3 is 0 Å². The second-order valence-corrected chi connectivity index (χ2v) is 9.97. The van der Waals surface area contributed by atoms with Crippen molar-refractivity contribution < 1.29 is 38.0 Å². The molecule has 0 aromatic heterocycles. The van der Waals surface area contributed by atoms with Crippen LogP contribution in [0.5, 0.6) is 11.5 Å². The smallest absolute Gasteiger partial charge is 0.257 e. The Bertz CT molecular complexity index is 1280. The first-order chi connectivity index (χ1) is 18.8. The third kappa shape index (κ3) is 5.90. The Hall–Kier alpha value is -3.53. The molecule has 9 heteroatoms. The summed E-state index contributed by atoms with van der Waals surface area (Å²) in [6.45, 7) is 0.328. The third-order valence-electron chi connectivity index (χ3n) is 7.26. The van der Waals surface area contributed by atoms with Gasteiger partial charge in [-0.15, -0.1) is 0 Å². The van der Waals surface area contributed by atoms with Gasteiger partial charge in [-0.3, -0.25) is 4.79 Å². The van der Waals surface area contributed by atoms with Crippen molar-refractivity contribution in [1.82, 2.24) is 4.90 Å². The normalized spacial score (nSPS) is 19.2. The van der Waals surface area contributed by atoms with Crippen LogP contribution in [0.1, 0.15) is 41.2 Å². The minimum absolute atomic E-state index is 0.0513. The van der Waals surface area contributed by atoms with Gasteiger partial charge in [0.1, 0.15) is 6.61 Å². The summed E-state index contributed by atoms with van der Waals surface area (Å²) in [5.74, 6) is -2.36. The van der Waals surface area contributed by atoms with Crippen molar-refractivity contribution in [3.8, 4) is 11.5 Å². The lowest BCUT2D eigenvalue weighted by Gasteiger charge is -2.42. The predicted molar refractivity (Wildman–Crippen MR) is 138 cm³/mol. The van der Waals surface area contributed by atoms with Crippen molar-refractivity contribution >= 4 is 5.91 Å². The van der Waals surface area contributed by atoms with Gasteiger partial charge in [-0.2, -0.15) is 0 Å². The van der Waals surface area contributed by atoms with E-state index in [0.29, 0.717) is 22.6 Å². The number of rotatable bonds is 9. The van der Waals surface area contributed by atoms with Crippen molar-refractivity contribution in [2.75, 3.05) is 7.11 Å². The zero-order valence-corrected chi connectivity index (χ0v) is 21.5. The van der Waals surface area contributed by atoms with Crippen LogP contribution >= 0.6 is 0 Å². The number of hydrogen-bond acceptors (Lipinski definition) is 6. The number of carbonyl (C=O) groups is 1. The van der Waals surface area contributed by atoms with Crippen LogP contribution in [0, 0.1) is 0 Å². The zero-order valence-electron chi connectivity index (χ0n) is 21.5. The Morgan fingerprint density at radius 2 is 1.69 bits per heavy atom. The number of alkyl halides is 2.